The van der Waals surface area contributed by atoms with Crippen LogP contribution in [0, 0.1) is 17.8 Å². The third kappa shape index (κ3) is 5.07. The Balaban J connectivity index is 1.11. The van der Waals surface area contributed by atoms with Gasteiger partial charge in [0.1, 0.15) is 17.3 Å². The lowest BCUT2D eigenvalue weighted by Gasteiger charge is -2.58. The van der Waals surface area contributed by atoms with Gasteiger partial charge in [-0.25, -0.2) is 14.8 Å². The first-order valence-electron chi connectivity index (χ1n) is 14.1. The number of halogens is 1. The largest absolute Gasteiger partial charge is 0.462 e. The van der Waals surface area contributed by atoms with Crippen molar-refractivity contribution in [2.45, 2.75) is 63.6 Å². The topological polar surface area (TPSA) is 108 Å². The van der Waals surface area contributed by atoms with Crippen LogP contribution < -0.4 is 15.1 Å². The van der Waals surface area contributed by atoms with Crippen molar-refractivity contribution in [3.63, 3.8) is 0 Å². The molecule has 3 heterocycles. The van der Waals surface area contributed by atoms with Crippen molar-refractivity contribution in [3.05, 3.63) is 46.7 Å². The number of nitrogens with one attached hydrogen (secondary N) is 1. The number of esters is 1. The number of ether oxygens (including phenoxy) is 1. The van der Waals surface area contributed by atoms with Crippen molar-refractivity contribution in [1.29, 1.82) is 0 Å². The summed E-state index contributed by atoms with van der Waals surface area (Å²) in [6, 6.07) is 7.43. The summed E-state index contributed by atoms with van der Waals surface area (Å²) in [6.07, 6.45) is 6.23. The molecule has 208 valence electrons. The van der Waals surface area contributed by atoms with Crippen molar-refractivity contribution in [3.8, 4) is 0 Å². The quantitative estimate of drug-likeness (QED) is 0.522. The average Bonchev–Trinajstić information content (AvgIpc) is 2.90. The molecule has 1 saturated heterocycles. The number of aromatic nitrogens is 2. The number of aliphatic hydroxyl groups is 1. The smallest absolute Gasteiger partial charge is 0.339 e. The maximum absolute atomic E-state index is 13.3. The summed E-state index contributed by atoms with van der Waals surface area (Å²) in [5.74, 6) is 2.14. The number of carbonyl (C=O) groups is 2. The van der Waals surface area contributed by atoms with E-state index in [1.165, 1.54) is 6.20 Å². The van der Waals surface area contributed by atoms with Crippen molar-refractivity contribution in [2.24, 2.45) is 17.8 Å². The molecule has 4 bridgehead atoms. The minimum absolute atomic E-state index is 0.0948. The standard InChI is InChI=1S/C29H36ClN5O4/c1-3-39-28(37)21-11-22(30)26(31-15-21)34-7-8-35(17(2)16-34)24-6-4-5-23(32-24)27(36)33-25-19-9-18-10-20(25)14-29(38,12-18)13-19/h4-6,11,15,17-20,25,38H,3,7-10,12-14,16H2,1-2H3,(H,33,36). The van der Waals surface area contributed by atoms with Crippen LogP contribution in [0.15, 0.2) is 30.5 Å². The first-order valence-corrected chi connectivity index (χ1v) is 14.5. The molecule has 5 fully saturated rings. The van der Waals surface area contributed by atoms with E-state index in [0.717, 1.165) is 37.9 Å². The molecule has 4 aliphatic carbocycles. The maximum atomic E-state index is 13.3. The summed E-state index contributed by atoms with van der Waals surface area (Å²) in [6.45, 7) is 6.18. The average molecular weight is 554 g/mol. The van der Waals surface area contributed by atoms with E-state index in [-0.39, 0.29) is 18.0 Å². The molecule has 0 radical (unpaired) electrons. The fourth-order valence-electron chi connectivity index (χ4n) is 7.63. The van der Waals surface area contributed by atoms with Gasteiger partial charge in [-0.3, -0.25) is 4.79 Å². The van der Waals surface area contributed by atoms with Gasteiger partial charge in [-0.2, -0.15) is 0 Å². The molecule has 1 amide bonds. The van der Waals surface area contributed by atoms with Crippen LogP contribution >= 0.6 is 11.6 Å². The fraction of sp³-hybridized carbons (Fsp3) is 0.586. The molecule has 4 saturated carbocycles. The second kappa shape index (κ2) is 10.2. The van der Waals surface area contributed by atoms with Crippen LogP contribution in [0.1, 0.15) is 66.8 Å². The first-order chi connectivity index (χ1) is 18.7. The highest BCUT2D eigenvalue weighted by Crippen LogP contribution is 2.55. The van der Waals surface area contributed by atoms with Gasteiger partial charge in [0.05, 0.1) is 22.8 Å². The molecule has 0 spiro atoms. The Morgan fingerprint density at radius 2 is 1.97 bits per heavy atom. The molecule has 2 aromatic heterocycles. The Morgan fingerprint density at radius 1 is 1.21 bits per heavy atom. The van der Waals surface area contributed by atoms with Gasteiger partial charge in [-0.15, -0.1) is 0 Å². The molecule has 10 heteroatoms. The molecular weight excluding hydrogens is 518 g/mol. The Bertz CT molecular complexity index is 1260. The van der Waals surface area contributed by atoms with E-state index in [1.807, 2.05) is 12.1 Å². The predicted octanol–water partition coefficient (Wildman–Crippen LogP) is 3.69. The Labute approximate surface area is 233 Å². The third-order valence-electron chi connectivity index (χ3n) is 9.06. The molecule has 9 nitrogen and oxygen atoms in total. The van der Waals surface area contributed by atoms with Crippen LogP contribution in [0.5, 0.6) is 0 Å². The predicted molar refractivity (Wildman–Crippen MR) is 148 cm³/mol. The number of hydrogen-bond donors (Lipinski definition) is 2. The number of rotatable bonds is 6. The van der Waals surface area contributed by atoms with Crippen LogP contribution in [0.25, 0.3) is 0 Å². The van der Waals surface area contributed by atoms with Crippen LogP contribution in [-0.4, -0.2) is 70.9 Å². The number of carbonyl (C=O) groups excluding carboxylic acids is 2. The molecule has 2 aromatic rings. The first kappa shape index (κ1) is 26.3. The normalized spacial score (nSPS) is 31.3. The third-order valence-corrected chi connectivity index (χ3v) is 9.34. The van der Waals surface area contributed by atoms with Gasteiger partial charge in [-0.05, 0) is 81.9 Å². The van der Waals surface area contributed by atoms with Gasteiger partial charge in [0, 0.05) is 37.9 Å². The van der Waals surface area contributed by atoms with Crippen LogP contribution in [0.3, 0.4) is 0 Å². The van der Waals surface area contributed by atoms with Crippen molar-refractivity contribution >= 4 is 35.1 Å². The Kier molecular flexibility index (Phi) is 6.91. The molecule has 3 unspecified atom stereocenters. The molecule has 5 aliphatic rings. The lowest BCUT2D eigenvalue weighted by atomic mass is 9.52. The summed E-state index contributed by atoms with van der Waals surface area (Å²) in [4.78, 5) is 38.8. The van der Waals surface area contributed by atoms with Crippen molar-refractivity contribution in [2.75, 3.05) is 36.0 Å². The Morgan fingerprint density at radius 3 is 2.64 bits per heavy atom. The lowest BCUT2D eigenvalue weighted by Crippen LogP contribution is -2.61. The van der Waals surface area contributed by atoms with Gasteiger partial charge < -0.3 is 25.0 Å². The van der Waals surface area contributed by atoms with Crippen LogP contribution in [-0.2, 0) is 4.74 Å². The van der Waals surface area contributed by atoms with Gasteiger partial charge in [0.15, 0.2) is 0 Å². The zero-order chi connectivity index (χ0) is 27.3. The van der Waals surface area contributed by atoms with E-state index >= 15 is 0 Å². The zero-order valence-corrected chi connectivity index (χ0v) is 23.2. The summed E-state index contributed by atoms with van der Waals surface area (Å²) < 4.78 is 5.04. The van der Waals surface area contributed by atoms with E-state index in [9.17, 15) is 14.7 Å². The molecule has 3 atom stereocenters. The monoisotopic (exact) mass is 553 g/mol. The molecule has 1 aliphatic heterocycles. The van der Waals surface area contributed by atoms with E-state index in [1.54, 1.807) is 19.1 Å². The summed E-state index contributed by atoms with van der Waals surface area (Å²) >= 11 is 6.50. The zero-order valence-electron chi connectivity index (χ0n) is 22.5. The highest BCUT2D eigenvalue weighted by atomic mass is 35.5. The van der Waals surface area contributed by atoms with Crippen molar-refractivity contribution < 1.29 is 19.4 Å². The van der Waals surface area contributed by atoms with E-state index < -0.39 is 11.6 Å². The van der Waals surface area contributed by atoms with E-state index in [0.29, 0.717) is 66.1 Å². The SMILES string of the molecule is CCOC(=O)c1cnc(N2CCN(c3cccc(C(=O)NC4C5CC6CC4CC(O)(C6)C5)n3)C(C)C2)c(Cl)c1. The van der Waals surface area contributed by atoms with Crippen LogP contribution in [0.2, 0.25) is 5.02 Å². The van der Waals surface area contributed by atoms with Gasteiger partial charge >= 0.3 is 5.97 Å². The summed E-state index contributed by atoms with van der Waals surface area (Å²) in [5, 5.41) is 14.6. The highest BCUT2D eigenvalue weighted by Gasteiger charge is 2.55. The maximum Gasteiger partial charge on any atom is 0.339 e. The second-order valence-corrected chi connectivity index (χ2v) is 12.2. The lowest BCUT2D eigenvalue weighted by molar-refractivity contribution is -0.136. The van der Waals surface area contributed by atoms with Crippen molar-refractivity contribution in [1.82, 2.24) is 15.3 Å². The second-order valence-electron chi connectivity index (χ2n) is 11.8. The number of piperazine rings is 1. The van der Waals surface area contributed by atoms with E-state index in [2.05, 4.69) is 27.0 Å². The molecule has 7 rings (SSSR count). The fourth-order valence-corrected chi connectivity index (χ4v) is 7.92. The molecule has 39 heavy (non-hydrogen) atoms. The molecular formula is C29H36ClN5O4. The number of amides is 1. The minimum atomic E-state index is -0.517. The van der Waals surface area contributed by atoms with Gasteiger partial charge in [0.25, 0.3) is 5.91 Å². The van der Waals surface area contributed by atoms with Gasteiger partial charge in [0.2, 0.25) is 0 Å². The van der Waals surface area contributed by atoms with Crippen LogP contribution in [0.4, 0.5) is 11.6 Å². The number of pyridine rings is 2. The van der Waals surface area contributed by atoms with Gasteiger partial charge in [-0.1, -0.05) is 17.7 Å². The minimum Gasteiger partial charge on any atom is -0.462 e. The molecule has 2 N–H and O–H groups in total. The summed E-state index contributed by atoms with van der Waals surface area (Å²) in [7, 11) is 0. The Hall–Kier alpha value is -2.91. The number of nitrogens with zero attached hydrogens (tertiary/aromatic N) is 4. The number of hydrogen-bond acceptors (Lipinski definition) is 8. The number of anilines is 2. The highest BCUT2D eigenvalue weighted by molar-refractivity contribution is 6.33. The van der Waals surface area contributed by atoms with E-state index in [4.69, 9.17) is 21.3 Å². The summed E-state index contributed by atoms with van der Waals surface area (Å²) in [5.41, 5.74) is 0.242. The molecule has 0 aromatic carbocycles.